The van der Waals surface area contributed by atoms with Crippen LogP contribution in [0.3, 0.4) is 0 Å². The zero-order chi connectivity index (χ0) is 12.8. The number of morpholine rings is 1. The molecule has 2 rings (SSSR count). The molecule has 1 aliphatic heterocycles. The standard InChI is InChI=1S/C12H20N4O2/c1-2-16-5-3-11(14-16)12(17)13-4-6-15-7-9-18-10-8-15/h3,5H,2,4,6-10H2,1H3,(H,13,17). The zero-order valence-electron chi connectivity index (χ0n) is 10.8. The summed E-state index contributed by atoms with van der Waals surface area (Å²) < 4.78 is 7.02. The Balaban J connectivity index is 1.70. The van der Waals surface area contributed by atoms with Crippen LogP contribution < -0.4 is 5.32 Å². The summed E-state index contributed by atoms with van der Waals surface area (Å²) in [5, 5.41) is 7.05. The van der Waals surface area contributed by atoms with Gasteiger partial charge in [0.25, 0.3) is 5.91 Å². The molecule has 6 heteroatoms. The summed E-state index contributed by atoms with van der Waals surface area (Å²) in [7, 11) is 0. The van der Waals surface area contributed by atoms with Gasteiger partial charge in [-0.05, 0) is 13.0 Å². The molecule has 0 unspecified atom stereocenters. The van der Waals surface area contributed by atoms with Gasteiger partial charge in [0.05, 0.1) is 13.2 Å². The van der Waals surface area contributed by atoms with Gasteiger partial charge in [-0.25, -0.2) is 0 Å². The van der Waals surface area contributed by atoms with Crippen LogP contribution >= 0.6 is 0 Å². The summed E-state index contributed by atoms with van der Waals surface area (Å²) in [4.78, 5) is 14.1. The number of ether oxygens (including phenoxy) is 1. The maximum Gasteiger partial charge on any atom is 0.271 e. The van der Waals surface area contributed by atoms with Crippen LogP contribution in [0.4, 0.5) is 0 Å². The molecule has 0 aliphatic carbocycles. The van der Waals surface area contributed by atoms with Crippen molar-refractivity contribution in [1.82, 2.24) is 20.0 Å². The number of carbonyl (C=O) groups excluding carboxylic acids is 1. The highest BCUT2D eigenvalue weighted by Crippen LogP contribution is 1.97. The van der Waals surface area contributed by atoms with Gasteiger partial charge in [-0.1, -0.05) is 0 Å². The Bertz CT molecular complexity index is 385. The minimum absolute atomic E-state index is 0.101. The van der Waals surface area contributed by atoms with E-state index in [1.807, 2.05) is 13.1 Å². The summed E-state index contributed by atoms with van der Waals surface area (Å²) >= 11 is 0. The molecule has 18 heavy (non-hydrogen) atoms. The first-order chi connectivity index (χ1) is 8.79. The van der Waals surface area contributed by atoms with Crippen molar-refractivity contribution >= 4 is 5.91 Å². The number of carbonyl (C=O) groups is 1. The summed E-state index contributed by atoms with van der Waals surface area (Å²) in [5.74, 6) is -0.101. The Labute approximate surface area is 107 Å². The fraction of sp³-hybridized carbons (Fsp3) is 0.667. The highest BCUT2D eigenvalue weighted by molar-refractivity contribution is 5.92. The van der Waals surface area contributed by atoms with E-state index in [4.69, 9.17) is 4.74 Å². The third-order valence-electron chi connectivity index (χ3n) is 3.01. The normalized spacial score (nSPS) is 16.7. The first-order valence-corrected chi connectivity index (χ1v) is 6.41. The van der Waals surface area contributed by atoms with Crippen molar-refractivity contribution in [2.24, 2.45) is 0 Å². The first-order valence-electron chi connectivity index (χ1n) is 6.41. The largest absolute Gasteiger partial charge is 0.379 e. The predicted molar refractivity (Wildman–Crippen MR) is 67.5 cm³/mol. The Morgan fingerprint density at radius 3 is 2.94 bits per heavy atom. The van der Waals surface area contributed by atoms with E-state index in [2.05, 4.69) is 15.3 Å². The van der Waals surface area contributed by atoms with Crippen molar-refractivity contribution in [2.45, 2.75) is 13.5 Å². The highest BCUT2D eigenvalue weighted by Gasteiger charge is 2.12. The molecule has 2 heterocycles. The van der Waals surface area contributed by atoms with Crippen LogP contribution in [0, 0.1) is 0 Å². The van der Waals surface area contributed by atoms with Crippen LogP contribution in [0.1, 0.15) is 17.4 Å². The second-order valence-corrected chi connectivity index (χ2v) is 4.27. The fourth-order valence-electron chi connectivity index (χ4n) is 1.90. The average Bonchev–Trinajstić information content (AvgIpc) is 2.89. The number of nitrogens with zero attached hydrogens (tertiary/aromatic N) is 3. The van der Waals surface area contributed by atoms with Gasteiger partial charge in [-0.3, -0.25) is 14.4 Å². The number of aryl methyl sites for hydroxylation is 1. The summed E-state index contributed by atoms with van der Waals surface area (Å²) in [6, 6.07) is 1.74. The molecule has 1 fully saturated rings. The molecule has 1 aliphatic rings. The molecular formula is C12H20N4O2. The third-order valence-corrected chi connectivity index (χ3v) is 3.01. The number of rotatable bonds is 5. The monoisotopic (exact) mass is 252 g/mol. The first kappa shape index (κ1) is 13.0. The number of hydrogen-bond donors (Lipinski definition) is 1. The van der Waals surface area contributed by atoms with Crippen LogP contribution in [0.15, 0.2) is 12.3 Å². The van der Waals surface area contributed by atoms with Crippen LogP contribution in [-0.2, 0) is 11.3 Å². The van der Waals surface area contributed by atoms with Gasteiger partial charge in [-0.15, -0.1) is 0 Å². The molecule has 0 aromatic carbocycles. The SMILES string of the molecule is CCn1ccc(C(=O)NCCN2CCOCC2)n1. The number of hydrogen-bond acceptors (Lipinski definition) is 4. The lowest BCUT2D eigenvalue weighted by molar-refractivity contribution is 0.0383. The molecule has 6 nitrogen and oxygen atoms in total. The quantitative estimate of drug-likeness (QED) is 0.799. The van der Waals surface area contributed by atoms with Crippen LogP contribution in [0.2, 0.25) is 0 Å². The summed E-state index contributed by atoms with van der Waals surface area (Å²) in [5.41, 5.74) is 0.485. The maximum absolute atomic E-state index is 11.8. The Morgan fingerprint density at radius 1 is 1.50 bits per heavy atom. The van der Waals surface area contributed by atoms with Gasteiger partial charge < -0.3 is 10.1 Å². The smallest absolute Gasteiger partial charge is 0.271 e. The van der Waals surface area contributed by atoms with Crippen molar-refractivity contribution < 1.29 is 9.53 Å². The van der Waals surface area contributed by atoms with E-state index in [9.17, 15) is 4.79 Å². The van der Waals surface area contributed by atoms with Crippen LogP contribution in [0.5, 0.6) is 0 Å². The minimum atomic E-state index is -0.101. The topological polar surface area (TPSA) is 59.4 Å². The van der Waals surface area contributed by atoms with E-state index in [-0.39, 0.29) is 5.91 Å². The van der Waals surface area contributed by atoms with E-state index in [0.717, 1.165) is 39.4 Å². The number of aromatic nitrogens is 2. The molecule has 1 N–H and O–H groups in total. The molecule has 1 aromatic rings. The van der Waals surface area contributed by atoms with Gasteiger partial charge in [0.15, 0.2) is 0 Å². The van der Waals surface area contributed by atoms with Gasteiger partial charge in [0.1, 0.15) is 5.69 Å². The zero-order valence-corrected chi connectivity index (χ0v) is 10.8. The van der Waals surface area contributed by atoms with Crippen LogP contribution in [0.25, 0.3) is 0 Å². The van der Waals surface area contributed by atoms with E-state index in [1.54, 1.807) is 10.7 Å². The van der Waals surface area contributed by atoms with E-state index < -0.39 is 0 Å². The lowest BCUT2D eigenvalue weighted by Gasteiger charge is -2.26. The van der Waals surface area contributed by atoms with Crippen LogP contribution in [-0.4, -0.2) is 60.0 Å². The molecule has 1 amide bonds. The van der Waals surface area contributed by atoms with E-state index in [0.29, 0.717) is 12.2 Å². The van der Waals surface area contributed by atoms with Gasteiger partial charge >= 0.3 is 0 Å². The molecule has 0 bridgehead atoms. The molecule has 1 saturated heterocycles. The van der Waals surface area contributed by atoms with Crippen molar-refractivity contribution in [3.8, 4) is 0 Å². The van der Waals surface area contributed by atoms with Crippen molar-refractivity contribution in [1.29, 1.82) is 0 Å². The Morgan fingerprint density at radius 2 is 2.28 bits per heavy atom. The Kier molecular flexibility index (Phi) is 4.72. The Hall–Kier alpha value is -1.40. The predicted octanol–water partition coefficient (Wildman–Crippen LogP) is -0.0350. The molecular weight excluding hydrogens is 232 g/mol. The molecule has 0 spiro atoms. The molecule has 1 aromatic heterocycles. The van der Waals surface area contributed by atoms with Gasteiger partial charge in [0.2, 0.25) is 0 Å². The maximum atomic E-state index is 11.8. The fourth-order valence-corrected chi connectivity index (χ4v) is 1.90. The van der Waals surface area contributed by atoms with Gasteiger partial charge in [-0.2, -0.15) is 5.10 Å². The second kappa shape index (κ2) is 6.51. The number of nitrogens with one attached hydrogen (secondary N) is 1. The second-order valence-electron chi connectivity index (χ2n) is 4.27. The molecule has 0 saturated carbocycles. The third kappa shape index (κ3) is 3.54. The van der Waals surface area contributed by atoms with E-state index >= 15 is 0 Å². The summed E-state index contributed by atoms with van der Waals surface area (Å²) in [6.45, 7) is 7.75. The van der Waals surface area contributed by atoms with E-state index in [1.165, 1.54) is 0 Å². The molecule has 100 valence electrons. The van der Waals surface area contributed by atoms with Crippen molar-refractivity contribution in [2.75, 3.05) is 39.4 Å². The van der Waals surface area contributed by atoms with Crippen molar-refractivity contribution in [3.05, 3.63) is 18.0 Å². The van der Waals surface area contributed by atoms with Crippen molar-refractivity contribution in [3.63, 3.8) is 0 Å². The lowest BCUT2D eigenvalue weighted by atomic mass is 10.4. The highest BCUT2D eigenvalue weighted by atomic mass is 16.5. The molecule has 0 atom stereocenters. The average molecular weight is 252 g/mol. The van der Waals surface area contributed by atoms with Gasteiger partial charge in [0, 0.05) is 38.9 Å². The summed E-state index contributed by atoms with van der Waals surface area (Å²) in [6.07, 6.45) is 1.82. The minimum Gasteiger partial charge on any atom is -0.379 e. The number of amides is 1. The lowest BCUT2D eigenvalue weighted by Crippen LogP contribution is -2.41. The molecule has 0 radical (unpaired) electrons.